The van der Waals surface area contributed by atoms with E-state index in [1.165, 1.54) is 12.4 Å². The van der Waals surface area contributed by atoms with Gasteiger partial charge in [-0.25, -0.2) is 9.97 Å². The van der Waals surface area contributed by atoms with E-state index in [9.17, 15) is 14.4 Å². The molecular weight excluding hydrogens is 500 g/mol. The first-order valence-electron chi connectivity index (χ1n) is 12.7. The summed E-state index contributed by atoms with van der Waals surface area (Å²) in [5, 5.41) is 8.49. The van der Waals surface area contributed by atoms with Crippen LogP contribution >= 0.6 is 0 Å². The highest BCUT2D eigenvalue weighted by Gasteiger charge is 2.14. The van der Waals surface area contributed by atoms with E-state index in [1.807, 2.05) is 24.3 Å². The van der Waals surface area contributed by atoms with Crippen LogP contribution in [0.25, 0.3) is 0 Å². The first-order chi connectivity index (χ1) is 19.0. The van der Waals surface area contributed by atoms with Gasteiger partial charge in [0.2, 0.25) is 0 Å². The van der Waals surface area contributed by atoms with Crippen LogP contribution in [0.1, 0.15) is 42.5 Å². The van der Waals surface area contributed by atoms with Crippen molar-refractivity contribution in [1.82, 2.24) is 30.8 Å². The van der Waals surface area contributed by atoms with Crippen LogP contribution < -0.4 is 20.7 Å². The lowest BCUT2D eigenvalue weighted by atomic mass is 10.1. The summed E-state index contributed by atoms with van der Waals surface area (Å²) < 4.78 is 10.5. The van der Waals surface area contributed by atoms with Crippen molar-refractivity contribution in [3.05, 3.63) is 89.0 Å². The second kappa shape index (κ2) is 14.0. The molecule has 2 aromatic carbocycles. The van der Waals surface area contributed by atoms with Crippen LogP contribution in [0.15, 0.2) is 60.9 Å². The Hall–Kier alpha value is -4.35. The van der Waals surface area contributed by atoms with Gasteiger partial charge in [-0.1, -0.05) is 24.3 Å². The lowest BCUT2D eigenvalue weighted by molar-refractivity contribution is 0.0383. The van der Waals surface area contributed by atoms with Gasteiger partial charge < -0.3 is 25.4 Å². The van der Waals surface area contributed by atoms with Crippen molar-refractivity contribution in [3.63, 3.8) is 0 Å². The molecule has 1 fully saturated rings. The van der Waals surface area contributed by atoms with Gasteiger partial charge in [0.15, 0.2) is 0 Å². The third-order valence-electron chi connectivity index (χ3n) is 6.21. The van der Waals surface area contributed by atoms with Crippen molar-refractivity contribution in [2.24, 2.45) is 0 Å². The van der Waals surface area contributed by atoms with Crippen LogP contribution in [0.4, 0.5) is 0 Å². The summed E-state index contributed by atoms with van der Waals surface area (Å²) in [6.07, 6.45) is 1.18. The quantitative estimate of drug-likeness (QED) is 0.337. The molecule has 1 aromatic heterocycles. The normalized spacial score (nSPS) is 13.4. The van der Waals surface area contributed by atoms with Crippen LogP contribution in [-0.2, 0) is 17.8 Å². The van der Waals surface area contributed by atoms with Crippen LogP contribution in [-0.4, -0.2) is 79.1 Å². The Morgan fingerprint density at radius 3 is 2.18 bits per heavy atom. The number of benzene rings is 2. The van der Waals surface area contributed by atoms with Gasteiger partial charge in [-0.15, -0.1) is 0 Å². The molecule has 0 aliphatic carbocycles. The molecule has 3 N–H and O–H groups in total. The predicted molar refractivity (Wildman–Crippen MR) is 143 cm³/mol. The minimum Gasteiger partial charge on any atom is -0.497 e. The van der Waals surface area contributed by atoms with E-state index < -0.39 is 11.8 Å². The van der Waals surface area contributed by atoms with Gasteiger partial charge in [0.1, 0.15) is 23.5 Å². The molecule has 4 rings (SSSR count). The Morgan fingerprint density at radius 2 is 1.51 bits per heavy atom. The number of methoxy groups -OCH3 is 1. The first kappa shape index (κ1) is 27.7. The molecule has 0 atom stereocenters. The molecule has 204 valence electrons. The number of hydrogen-bond acceptors (Lipinski definition) is 8. The molecule has 3 aromatic rings. The number of hydrogen-bond donors (Lipinski definition) is 3. The molecule has 1 aliphatic heterocycles. The van der Waals surface area contributed by atoms with Gasteiger partial charge in [-0.2, -0.15) is 0 Å². The first-order valence-corrected chi connectivity index (χ1v) is 12.7. The molecule has 3 amide bonds. The SMILES string of the molecule is COc1cccc(CNC(=O)c2cc(C(=O)NCc3ccc(C(=O)NCCN4CCOCC4)cc3)ncn2)c1. The van der Waals surface area contributed by atoms with Gasteiger partial charge in [0, 0.05) is 50.9 Å². The summed E-state index contributed by atoms with van der Waals surface area (Å²) >= 11 is 0. The molecule has 0 spiro atoms. The highest BCUT2D eigenvalue weighted by molar-refractivity contribution is 5.97. The fourth-order valence-electron chi connectivity index (χ4n) is 3.96. The van der Waals surface area contributed by atoms with Crippen LogP contribution in [0.3, 0.4) is 0 Å². The average Bonchev–Trinajstić information content (AvgIpc) is 2.99. The van der Waals surface area contributed by atoms with Crippen molar-refractivity contribution >= 4 is 17.7 Å². The van der Waals surface area contributed by atoms with E-state index in [4.69, 9.17) is 9.47 Å². The molecule has 0 bridgehead atoms. The van der Waals surface area contributed by atoms with E-state index in [0.717, 1.165) is 44.0 Å². The molecular formula is C28H32N6O5. The van der Waals surface area contributed by atoms with Crippen LogP contribution in [0.2, 0.25) is 0 Å². The maximum Gasteiger partial charge on any atom is 0.270 e. The minimum atomic E-state index is -0.441. The maximum atomic E-state index is 12.6. The van der Waals surface area contributed by atoms with Crippen molar-refractivity contribution < 1.29 is 23.9 Å². The lowest BCUT2D eigenvalue weighted by Gasteiger charge is -2.26. The third-order valence-corrected chi connectivity index (χ3v) is 6.21. The zero-order chi connectivity index (χ0) is 27.5. The predicted octanol–water partition coefficient (Wildman–Crippen LogP) is 1.41. The molecule has 39 heavy (non-hydrogen) atoms. The summed E-state index contributed by atoms with van der Waals surface area (Å²) in [6, 6.07) is 15.7. The summed E-state index contributed by atoms with van der Waals surface area (Å²) in [4.78, 5) is 47.8. The van der Waals surface area contributed by atoms with Gasteiger partial charge >= 0.3 is 0 Å². The van der Waals surface area contributed by atoms with Gasteiger partial charge in [-0.05, 0) is 35.4 Å². The number of rotatable bonds is 11. The fraction of sp³-hybridized carbons (Fsp3) is 0.321. The van der Waals surface area contributed by atoms with Crippen LogP contribution in [0.5, 0.6) is 5.75 Å². The van der Waals surface area contributed by atoms with Crippen molar-refractivity contribution in [2.45, 2.75) is 13.1 Å². The van der Waals surface area contributed by atoms with E-state index >= 15 is 0 Å². The number of carbonyl (C=O) groups excluding carboxylic acids is 3. The maximum absolute atomic E-state index is 12.6. The monoisotopic (exact) mass is 532 g/mol. The summed E-state index contributed by atoms with van der Waals surface area (Å²) in [6.45, 7) is 5.08. The van der Waals surface area contributed by atoms with E-state index in [0.29, 0.717) is 17.9 Å². The molecule has 0 unspecified atom stereocenters. The van der Waals surface area contributed by atoms with Gasteiger partial charge in [0.25, 0.3) is 17.7 Å². The Balaban J connectivity index is 1.23. The minimum absolute atomic E-state index is 0.0767. The zero-order valence-corrected chi connectivity index (χ0v) is 21.8. The highest BCUT2D eigenvalue weighted by Crippen LogP contribution is 2.12. The van der Waals surface area contributed by atoms with Crippen molar-refractivity contribution in [2.75, 3.05) is 46.5 Å². The Labute approximate surface area is 226 Å². The zero-order valence-electron chi connectivity index (χ0n) is 21.8. The second-order valence-corrected chi connectivity index (χ2v) is 8.91. The third kappa shape index (κ3) is 8.32. The van der Waals surface area contributed by atoms with Gasteiger partial charge in [-0.3, -0.25) is 19.3 Å². The summed E-state index contributed by atoms with van der Waals surface area (Å²) in [7, 11) is 1.58. The number of nitrogens with zero attached hydrogens (tertiary/aromatic N) is 3. The molecule has 11 nitrogen and oxygen atoms in total. The number of nitrogens with one attached hydrogen (secondary N) is 3. The van der Waals surface area contributed by atoms with Gasteiger partial charge in [0.05, 0.1) is 20.3 Å². The fourth-order valence-corrected chi connectivity index (χ4v) is 3.96. The van der Waals surface area contributed by atoms with Crippen molar-refractivity contribution in [3.8, 4) is 5.75 Å². The topological polar surface area (TPSA) is 135 Å². The number of ether oxygens (including phenoxy) is 2. The average molecular weight is 533 g/mol. The number of carbonyl (C=O) groups is 3. The van der Waals surface area contributed by atoms with Crippen LogP contribution in [0, 0.1) is 0 Å². The Kier molecular flexibility index (Phi) is 9.92. The summed E-state index contributed by atoms with van der Waals surface area (Å²) in [5.41, 5.74) is 2.40. The largest absolute Gasteiger partial charge is 0.497 e. The van der Waals surface area contributed by atoms with E-state index in [-0.39, 0.29) is 30.4 Å². The molecule has 1 saturated heterocycles. The second-order valence-electron chi connectivity index (χ2n) is 8.91. The number of amides is 3. The molecule has 0 radical (unpaired) electrons. The Bertz CT molecular complexity index is 1280. The van der Waals surface area contributed by atoms with Crippen molar-refractivity contribution in [1.29, 1.82) is 0 Å². The molecule has 11 heteroatoms. The Morgan fingerprint density at radius 1 is 0.846 bits per heavy atom. The smallest absolute Gasteiger partial charge is 0.270 e. The molecule has 2 heterocycles. The highest BCUT2D eigenvalue weighted by atomic mass is 16.5. The number of morpholine rings is 1. The number of aromatic nitrogens is 2. The summed E-state index contributed by atoms with van der Waals surface area (Å²) in [5.74, 6) is -0.311. The molecule has 1 aliphatic rings. The molecule has 0 saturated carbocycles. The van der Waals surface area contributed by atoms with E-state index in [1.54, 1.807) is 31.4 Å². The lowest BCUT2D eigenvalue weighted by Crippen LogP contribution is -2.41. The van der Waals surface area contributed by atoms with E-state index in [2.05, 4.69) is 30.8 Å². The standard InChI is InChI=1S/C28H32N6O5/c1-38-23-4-2-3-21(15-23)18-31-28(37)25-16-24(32-19-33-25)27(36)30-17-20-5-7-22(8-6-20)26(35)29-9-10-34-11-13-39-14-12-34/h2-8,15-16,19H,9-14,17-18H2,1H3,(H,29,35)(H,30,36)(H,31,37).